The summed E-state index contributed by atoms with van der Waals surface area (Å²) in [4.78, 5) is 12.2. The predicted molar refractivity (Wildman–Crippen MR) is 58.9 cm³/mol. The summed E-state index contributed by atoms with van der Waals surface area (Å²) >= 11 is 1.45. The van der Waals surface area contributed by atoms with E-state index in [-0.39, 0.29) is 12.4 Å². The summed E-state index contributed by atoms with van der Waals surface area (Å²) in [6.45, 7) is 6.46. The van der Waals surface area contributed by atoms with Gasteiger partial charge in [-0.3, -0.25) is 4.79 Å². The van der Waals surface area contributed by atoms with E-state index in [0.29, 0.717) is 6.61 Å². The zero-order valence-corrected chi connectivity index (χ0v) is 9.10. The molecule has 0 aromatic carbocycles. The number of rotatable bonds is 6. The van der Waals surface area contributed by atoms with Crippen molar-refractivity contribution in [1.29, 1.82) is 0 Å². The summed E-state index contributed by atoms with van der Waals surface area (Å²) < 4.78 is 5.23. The first-order valence-electron chi connectivity index (χ1n) is 4.49. The Morgan fingerprint density at radius 1 is 1.64 bits per heavy atom. The zero-order chi connectivity index (χ0) is 10.4. The molecule has 0 amide bonds. The fourth-order valence-corrected chi connectivity index (χ4v) is 1.57. The van der Waals surface area contributed by atoms with Gasteiger partial charge < -0.3 is 4.74 Å². The molecule has 14 heavy (non-hydrogen) atoms. The summed E-state index contributed by atoms with van der Waals surface area (Å²) in [5, 5.41) is 1.89. The molecule has 0 radical (unpaired) electrons. The Balaban J connectivity index is 2.19. The molecule has 0 saturated carbocycles. The highest BCUT2D eigenvalue weighted by Crippen LogP contribution is 2.09. The number of carbonyl (C=O) groups is 1. The lowest BCUT2D eigenvalue weighted by atomic mass is 10.3. The minimum Gasteiger partial charge on any atom is -0.373 e. The fraction of sp³-hybridized carbons (Fsp3) is 0.364. The number of Topliss-reactive ketones (excluding diaryl/α,β-unsaturated/α-hetero) is 1. The second kappa shape index (κ2) is 5.73. The first-order valence-corrected chi connectivity index (χ1v) is 5.37. The highest BCUT2D eigenvalue weighted by atomic mass is 32.1. The molecule has 1 heterocycles. The van der Waals surface area contributed by atoms with Gasteiger partial charge in [0.1, 0.15) is 6.61 Å². The van der Waals surface area contributed by atoms with Gasteiger partial charge in [0.05, 0.1) is 11.5 Å². The molecule has 1 aromatic heterocycles. The van der Waals surface area contributed by atoms with E-state index in [4.69, 9.17) is 4.74 Å². The van der Waals surface area contributed by atoms with Crippen LogP contribution in [0.25, 0.3) is 0 Å². The van der Waals surface area contributed by atoms with Crippen LogP contribution in [0.4, 0.5) is 0 Å². The summed E-state index contributed by atoms with van der Waals surface area (Å²) in [7, 11) is 0. The SMILES string of the molecule is C=C(C)CCOCC(=O)c1cccs1. The number of ketones is 1. The maximum atomic E-state index is 11.4. The smallest absolute Gasteiger partial charge is 0.198 e. The van der Waals surface area contributed by atoms with E-state index >= 15 is 0 Å². The molecular weight excluding hydrogens is 196 g/mol. The molecule has 0 bridgehead atoms. The molecule has 0 unspecified atom stereocenters. The van der Waals surface area contributed by atoms with Crippen LogP contribution in [-0.2, 0) is 4.74 Å². The van der Waals surface area contributed by atoms with Crippen LogP contribution in [0, 0.1) is 0 Å². The van der Waals surface area contributed by atoms with Crippen molar-refractivity contribution in [2.45, 2.75) is 13.3 Å². The van der Waals surface area contributed by atoms with E-state index in [1.54, 1.807) is 0 Å². The molecule has 0 fully saturated rings. The van der Waals surface area contributed by atoms with Crippen LogP contribution >= 0.6 is 11.3 Å². The number of carbonyl (C=O) groups excluding carboxylic acids is 1. The average Bonchev–Trinajstić information content (AvgIpc) is 2.64. The maximum absolute atomic E-state index is 11.4. The lowest BCUT2D eigenvalue weighted by Gasteiger charge is -2.01. The fourth-order valence-electron chi connectivity index (χ4n) is 0.920. The summed E-state index contributed by atoms with van der Waals surface area (Å²) in [6.07, 6.45) is 0.817. The molecule has 0 aliphatic heterocycles. The van der Waals surface area contributed by atoms with Crippen molar-refractivity contribution in [3.8, 4) is 0 Å². The monoisotopic (exact) mass is 210 g/mol. The predicted octanol–water partition coefficient (Wildman–Crippen LogP) is 2.91. The lowest BCUT2D eigenvalue weighted by Crippen LogP contribution is -2.08. The number of thiophene rings is 1. The molecule has 1 rings (SSSR count). The third-order valence-corrected chi connectivity index (χ3v) is 2.61. The molecule has 1 aromatic rings. The molecule has 76 valence electrons. The van der Waals surface area contributed by atoms with Crippen molar-refractivity contribution in [2.75, 3.05) is 13.2 Å². The van der Waals surface area contributed by atoms with Gasteiger partial charge >= 0.3 is 0 Å². The van der Waals surface area contributed by atoms with Crippen molar-refractivity contribution < 1.29 is 9.53 Å². The Hall–Kier alpha value is -0.930. The Morgan fingerprint density at radius 3 is 3.00 bits per heavy atom. The Kier molecular flexibility index (Phi) is 4.56. The lowest BCUT2D eigenvalue weighted by molar-refractivity contribution is 0.0769. The number of hydrogen-bond donors (Lipinski definition) is 0. The highest BCUT2D eigenvalue weighted by molar-refractivity contribution is 7.12. The third kappa shape index (κ3) is 3.85. The Bertz CT molecular complexity index is 301. The van der Waals surface area contributed by atoms with E-state index in [1.165, 1.54) is 11.3 Å². The van der Waals surface area contributed by atoms with Crippen molar-refractivity contribution in [1.82, 2.24) is 0 Å². The van der Waals surface area contributed by atoms with Crippen LogP contribution in [0.2, 0.25) is 0 Å². The average molecular weight is 210 g/mol. The first kappa shape index (κ1) is 11.1. The molecule has 0 saturated heterocycles. The van der Waals surface area contributed by atoms with Gasteiger partial charge in [0.15, 0.2) is 5.78 Å². The normalized spacial score (nSPS) is 10.1. The van der Waals surface area contributed by atoms with Gasteiger partial charge in [0, 0.05) is 0 Å². The van der Waals surface area contributed by atoms with Crippen molar-refractivity contribution in [3.05, 3.63) is 34.5 Å². The van der Waals surface area contributed by atoms with E-state index < -0.39 is 0 Å². The van der Waals surface area contributed by atoms with Gasteiger partial charge in [0.25, 0.3) is 0 Å². The molecule has 3 heteroatoms. The van der Waals surface area contributed by atoms with Gasteiger partial charge in [0.2, 0.25) is 0 Å². The van der Waals surface area contributed by atoms with Gasteiger partial charge in [-0.2, -0.15) is 0 Å². The van der Waals surface area contributed by atoms with Crippen LogP contribution in [0.3, 0.4) is 0 Å². The quantitative estimate of drug-likeness (QED) is 0.410. The Labute approximate surface area is 88.2 Å². The van der Waals surface area contributed by atoms with Gasteiger partial charge in [-0.25, -0.2) is 0 Å². The third-order valence-electron chi connectivity index (χ3n) is 1.70. The summed E-state index contributed by atoms with van der Waals surface area (Å²) in [5.41, 5.74) is 1.08. The Morgan fingerprint density at radius 2 is 2.43 bits per heavy atom. The van der Waals surface area contributed by atoms with Crippen molar-refractivity contribution in [3.63, 3.8) is 0 Å². The standard InChI is InChI=1S/C11H14O2S/c1-9(2)5-6-13-8-10(12)11-4-3-7-14-11/h3-4,7H,1,5-6,8H2,2H3. The van der Waals surface area contributed by atoms with Crippen molar-refractivity contribution in [2.24, 2.45) is 0 Å². The second-order valence-corrected chi connectivity index (χ2v) is 4.11. The number of hydrogen-bond acceptors (Lipinski definition) is 3. The zero-order valence-electron chi connectivity index (χ0n) is 8.29. The molecule has 0 atom stereocenters. The first-order chi connectivity index (χ1) is 6.70. The van der Waals surface area contributed by atoms with Crippen LogP contribution in [0.5, 0.6) is 0 Å². The van der Waals surface area contributed by atoms with Gasteiger partial charge in [-0.05, 0) is 24.8 Å². The largest absolute Gasteiger partial charge is 0.373 e. The van der Waals surface area contributed by atoms with Gasteiger partial charge in [-0.15, -0.1) is 17.9 Å². The van der Waals surface area contributed by atoms with Crippen LogP contribution < -0.4 is 0 Å². The molecule has 2 nitrogen and oxygen atoms in total. The van der Waals surface area contributed by atoms with Crippen molar-refractivity contribution >= 4 is 17.1 Å². The van der Waals surface area contributed by atoms with E-state index in [9.17, 15) is 4.79 Å². The van der Waals surface area contributed by atoms with Crippen LogP contribution in [0.15, 0.2) is 29.7 Å². The van der Waals surface area contributed by atoms with Crippen LogP contribution in [-0.4, -0.2) is 19.0 Å². The molecular formula is C11H14O2S. The molecule has 0 aliphatic carbocycles. The van der Waals surface area contributed by atoms with E-state index in [1.807, 2.05) is 24.4 Å². The van der Waals surface area contributed by atoms with E-state index in [0.717, 1.165) is 16.9 Å². The molecule has 0 spiro atoms. The summed E-state index contributed by atoms with van der Waals surface area (Å²) in [6, 6.07) is 3.68. The minimum absolute atomic E-state index is 0.0571. The minimum atomic E-state index is 0.0571. The maximum Gasteiger partial charge on any atom is 0.198 e. The number of ether oxygens (including phenoxy) is 1. The molecule has 0 N–H and O–H groups in total. The summed E-state index contributed by atoms with van der Waals surface area (Å²) in [5.74, 6) is 0.0571. The van der Waals surface area contributed by atoms with E-state index in [2.05, 4.69) is 6.58 Å². The second-order valence-electron chi connectivity index (χ2n) is 3.16. The van der Waals surface area contributed by atoms with Gasteiger partial charge in [-0.1, -0.05) is 11.6 Å². The topological polar surface area (TPSA) is 26.3 Å². The van der Waals surface area contributed by atoms with Crippen LogP contribution in [0.1, 0.15) is 23.0 Å². The highest BCUT2D eigenvalue weighted by Gasteiger charge is 2.05. The molecule has 0 aliphatic rings.